The van der Waals surface area contributed by atoms with Gasteiger partial charge in [0.1, 0.15) is 0 Å². The van der Waals surface area contributed by atoms with Crippen LogP contribution in [0.1, 0.15) is 27.7 Å². The van der Waals surface area contributed by atoms with Gasteiger partial charge in [-0.05, 0) is 11.6 Å². The number of rotatable bonds is 3. The Hall–Kier alpha value is -1.97. The minimum Gasteiger partial charge on any atom is -0.312 e. The summed E-state index contributed by atoms with van der Waals surface area (Å²) in [5, 5.41) is 0. The highest BCUT2D eigenvalue weighted by atomic mass is 16.1. The van der Waals surface area contributed by atoms with Gasteiger partial charge in [0.25, 0.3) is 0 Å². The number of ketones is 1. The van der Waals surface area contributed by atoms with Gasteiger partial charge in [0, 0.05) is 11.1 Å². The minimum atomic E-state index is -0.557. The van der Waals surface area contributed by atoms with Crippen LogP contribution in [0, 0.1) is 0 Å². The van der Waals surface area contributed by atoms with E-state index in [-0.39, 0.29) is 5.78 Å². The second-order valence-corrected chi connectivity index (χ2v) is 3.85. The fourth-order valence-corrected chi connectivity index (χ4v) is 1.64. The zero-order chi connectivity index (χ0) is 12.3. The molecule has 2 aromatic carbocycles. The Kier molecular flexibility index (Phi) is 3.32. The van der Waals surface area contributed by atoms with Crippen molar-refractivity contribution >= 4 is 5.78 Å². The molecule has 0 aliphatic rings. The quantitative estimate of drug-likeness (QED) is 0.619. The monoisotopic (exact) mass is 226 g/mol. The summed E-state index contributed by atoms with van der Waals surface area (Å²) in [4.78, 5) is 12.1. The zero-order valence-electron chi connectivity index (χ0n) is 9.34. The van der Waals surface area contributed by atoms with Gasteiger partial charge in [-0.3, -0.25) is 4.79 Å². The number of carbonyl (C=O) groups is 1. The first-order valence-corrected chi connectivity index (χ1v) is 5.39. The summed E-state index contributed by atoms with van der Waals surface area (Å²) >= 11 is 0. The summed E-state index contributed by atoms with van der Waals surface area (Å²) in [6.07, 6.45) is -0.557. The van der Waals surface area contributed by atoms with Gasteiger partial charge in [-0.2, -0.15) is 0 Å². The Balaban J connectivity index is 2.35. The van der Waals surface area contributed by atoms with E-state index in [4.69, 9.17) is 11.5 Å². The molecule has 86 valence electrons. The number of benzene rings is 2. The predicted octanol–water partition coefficient (Wildman–Crippen LogP) is 1.83. The van der Waals surface area contributed by atoms with Crippen LogP contribution in [0.3, 0.4) is 0 Å². The molecule has 0 fully saturated rings. The fourth-order valence-electron chi connectivity index (χ4n) is 1.64. The average molecular weight is 226 g/mol. The SMILES string of the molecule is NC(N)c1cccc(C(=O)c2ccccc2)c1. The lowest BCUT2D eigenvalue weighted by molar-refractivity contribution is 0.103. The molecule has 4 N–H and O–H groups in total. The molecule has 0 spiro atoms. The van der Waals surface area contributed by atoms with Crippen LogP contribution in [-0.2, 0) is 0 Å². The van der Waals surface area contributed by atoms with Gasteiger partial charge in [0.05, 0.1) is 6.17 Å². The maximum atomic E-state index is 12.1. The Bertz CT molecular complexity index is 521. The summed E-state index contributed by atoms with van der Waals surface area (Å²) in [5.41, 5.74) is 13.2. The largest absolute Gasteiger partial charge is 0.312 e. The molecule has 0 atom stereocenters. The van der Waals surface area contributed by atoms with Gasteiger partial charge in [-0.15, -0.1) is 0 Å². The van der Waals surface area contributed by atoms with Crippen LogP contribution >= 0.6 is 0 Å². The topological polar surface area (TPSA) is 69.1 Å². The van der Waals surface area contributed by atoms with Crippen molar-refractivity contribution in [2.45, 2.75) is 6.17 Å². The Morgan fingerprint density at radius 2 is 1.53 bits per heavy atom. The predicted molar refractivity (Wildman–Crippen MR) is 67.4 cm³/mol. The Morgan fingerprint density at radius 1 is 0.882 bits per heavy atom. The van der Waals surface area contributed by atoms with E-state index in [0.29, 0.717) is 11.1 Å². The first kappa shape index (κ1) is 11.5. The van der Waals surface area contributed by atoms with E-state index in [1.807, 2.05) is 24.3 Å². The standard InChI is InChI=1S/C14H14N2O/c15-14(16)12-8-4-7-11(9-12)13(17)10-5-2-1-3-6-10/h1-9,14H,15-16H2. The van der Waals surface area contributed by atoms with Crippen LogP contribution in [-0.4, -0.2) is 5.78 Å². The molecule has 0 saturated heterocycles. The minimum absolute atomic E-state index is 0.0203. The lowest BCUT2D eigenvalue weighted by atomic mass is 10.0. The molecule has 2 rings (SSSR count). The van der Waals surface area contributed by atoms with Crippen LogP contribution in [0.5, 0.6) is 0 Å². The number of nitrogens with two attached hydrogens (primary N) is 2. The molecular formula is C14H14N2O. The van der Waals surface area contributed by atoms with Crippen molar-refractivity contribution in [2.24, 2.45) is 11.5 Å². The van der Waals surface area contributed by atoms with Crippen molar-refractivity contribution in [2.75, 3.05) is 0 Å². The summed E-state index contributed by atoms with van der Waals surface area (Å²) < 4.78 is 0. The van der Waals surface area contributed by atoms with E-state index in [1.54, 1.807) is 30.3 Å². The van der Waals surface area contributed by atoms with Crippen LogP contribution in [0.15, 0.2) is 54.6 Å². The molecular weight excluding hydrogens is 212 g/mol. The molecule has 2 aromatic rings. The highest BCUT2D eigenvalue weighted by molar-refractivity contribution is 6.09. The maximum absolute atomic E-state index is 12.1. The molecule has 3 nitrogen and oxygen atoms in total. The van der Waals surface area contributed by atoms with Gasteiger partial charge in [-0.1, -0.05) is 48.5 Å². The summed E-state index contributed by atoms with van der Waals surface area (Å²) in [5.74, 6) is -0.0203. The third kappa shape index (κ3) is 2.58. The molecule has 0 amide bonds. The Labute approximate surface area is 100 Å². The second kappa shape index (κ2) is 4.91. The number of hydrogen-bond acceptors (Lipinski definition) is 3. The third-order valence-corrected chi connectivity index (χ3v) is 2.57. The van der Waals surface area contributed by atoms with Gasteiger partial charge >= 0.3 is 0 Å². The maximum Gasteiger partial charge on any atom is 0.193 e. The molecule has 0 aliphatic carbocycles. The normalized spacial score (nSPS) is 10.5. The van der Waals surface area contributed by atoms with E-state index in [2.05, 4.69) is 0 Å². The molecule has 0 bridgehead atoms. The van der Waals surface area contributed by atoms with Gasteiger partial charge in [0.2, 0.25) is 0 Å². The van der Waals surface area contributed by atoms with Crippen LogP contribution < -0.4 is 11.5 Å². The fraction of sp³-hybridized carbons (Fsp3) is 0.0714. The first-order chi connectivity index (χ1) is 8.18. The van der Waals surface area contributed by atoms with Gasteiger partial charge in [0.15, 0.2) is 5.78 Å². The van der Waals surface area contributed by atoms with E-state index in [0.717, 1.165) is 5.56 Å². The molecule has 0 aromatic heterocycles. The van der Waals surface area contributed by atoms with Crippen molar-refractivity contribution in [3.05, 3.63) is 71.3 Å². The molecule has 0 unspecified atom stereocenters. The van der Waals surface area contributed by atoms with Gasteiger partial charge in [-0.25, -0.2) is 0 Å². The molecule has 17 heavy (non-hydrogen) atoms. The highest BCUT2D eigenvalue weighted by Crippen LogP contribution is 2.13. The highest BCUT2D eigenvalue weighted by Gasteiger charge is 2.09. The molecule has 0 radical (unpaired) electrons. The van der Waals surface area contributed by atoms with E-state index < -0.39 is 6.17 Å². The summed E-state index contributed by atoms with van der Waals surface area (Å²) in [6, 6.07) is 16.2. The second-order valence-electron chi connectivity index (χ2n) is 3.85. The van der Waals surface area contributed by atoms with Crippen molar-refractivity contribution in [1.82, 2.24) is 0 Å². The van der Waals surface area contributed by atoms with Crippen molar-refractivity contribution in [3.8, 4) is 0 Å². The number of hydrogen-bond donors (Lipinski definition) is 2. The molecule has 0 saturated carbocycles. The van der Waals surface area contributed by atoms with Crippen molar-refractivity contribution in [3.63, 3.8) is 0 Å². The lowest BCUT2D eigenvalue weighted by Gasteiger charge is -2.07. The molecule has 0 heterocycles. The lowest BCUT2D eigenvalue weighted by Crippen LogP contribution is -2.20. The summed E-state index contributed by atoms with van der Waals surface area (Å²) in [6.45, 7) is 0. The van der Waals surface area contributed by atoms with E-state index in [1.165, 1.54) is 0 Å². The van der Waals surface area contributed by atoms with E-state index >= 15 is 0 Å². The van der Waals surface area contributed by atoms with Crippen LogP contribution in [0.2, 0.25) is 0 Å². The molecule has 3 heteroatoms. The zero-order valence-corrected chi connectivity index (χ0v) is 9.34. The van der Waals surface area contributed by atoms with Gasteiger partial charge < -0.3 is 11.5 Å². The van der Waals surface area contributed by atoms with Crippen molar-refractivity contribution in [1.29, 1.82) is 0 Å². The average Bonchev–Trinajstić information content (AvgIpc) is 2.39. The smallest absolute Gasteiger partial charge is 0.193 e. The van der Waals surface area contributed by atoms with Crippen LogP contribution in [0.4, 0.5) is 0 Å². The molecule has 0 aliphatic heterocycles. The van der Waals surface area contributed by atoms with E-state index in [9.17, 15) is 4.79 Å². The Morgan fingerprint density at radius 3 is 2.18 bits per heavy atom. The third-order valence-electron chi connectivity index (χ3n) is 2.57. The first-order valence-electron chi connectivity index (χ1n) is 5.39. The summed E-state index contributed by atoms with van der Waals surface area (Å²) in [7, 11) is 0. The van der Waals surface area contributed by atoms with Crippen molar-refractivity contribution < 1.29 is 4.79 Å². The van der Waals surface area contributed by atoms with Crippen LogP contribution in [0.25, 0.3) is 0 Å². The number of carbonyl (C=O) groups excluding carboxylic acids is 1.